The average Bonchev–Trinajstić information content (AvgIpc) is 3.07. The van der Waals surface area contributed by atoms with Crippen molar-refractivity contribution in [3.05, 3.63) is 0 Å². The SMILES string of the molecule is COC(=O)CC(NC(=O)C1CC2CCCC(C)C2N1)C1CCCC(Br)C1. The van der Waals surface area contributed by atoms with Gasteiger partial charge in [-0.15, -0.1) is 0 Å². The van der Waals surface area contributed by atoms with Crippen LogP contribution in [-0.2, 0) is 14.3 Å². The Bertz CT molecular complexity index is 515. The highest BCUT2D eigenvalue weighted by atomic mass is 79.9. The third kappa shape index (κ3) is 4.80. The van der Waals surface area contributed by atoms with E-state index in [1.807, 2.05) is 0 Å². The number of amides is 1. The van der Waals surface area contributed by atoms with Crippen LogP contribution < -0.4 is 10.6 Å². The molecule has 0 radical (unpaired) electrons. The number of fused-ring (bicyclic) bond motifs is 1. The van der Waals surface area contributed by atoms with Gasteiger partial charge < -0.3 is 15.4 Å². The van der Waals surface area contributed by atoms with Crippen LogP contribution in [0.3, 0.4) is 0 Å². The Morgan fingerprint density at radius 2 is 1.96 bits per heavy atom. The van der Waals surface area contributed by atoms with Crippen LogP contribution >= 0.6 is 15.9 Å². The zero-order valence-electron chi connectivity index (χ0n) is 16.0. The van der Waals surface area contributed by atoms with E-state index in [1.54, 1.807) is 0 Å². The van der Waals surface area contributed by atoms with Gasteiger partial charge in [0.2, 0.25) is 5.91 Å². The molecule has 2 saturated carbocycles. The highest BCUT2D eigenvalue weighted by Gasteiger charge is 2.42. The molecule has 7 atom stereocenters. The highest BCUT2D eigenvalue weighted by molar-refractivity contribution is 9.09. The van der Waals surface area contributed by atoms with E-state index in [0.717, 1.165) is 25.7 Å². The monoisotopic (exact) mass is 428 g/mol. The lowest BCUT2D eigenvalue weighted by Gasteiger charge is -2.33. The maximum absolute atomic E-state index is 13.0. The highest BCUT2D eigenvalue weighted by Crippen LogP contribution is 2.37. The van der Waals surface area contributed by atoms with E-state index >= 15 is 0 Å². The normalized spacial score (nSPS) is 38.3. The molecule has 2 aliphatic carbocycles. The van der Waals surface area contributed by atoms with Crippen LogP contribution in [0.4, 0.5) is 0 Å². The molecule has 0 aromatic rings. The van der Waals surface area contributed by atoms with Gasteiger partial charge in [-0.2, -0.15) is 0 Å². The summed E-state index contributed by atoms with van der Waals surface area (Å²) in [5.74, 6) is 1.42. The van der Waals surface area contributed by atoms with Crippen LogP contribution in [0.5, 0.6) is 0 Å². The summed E-state index contributed by atoms with van der Waals surface area (Å²) >= 11 is 3.72. The first-order valence-corrected chi connectivity index (χ1v) is 11.2. The smallest absolute Gasteiger partial charge is 0.307 e. The summed E-state index contributed by atoms with van der Waals surface area (Å²) < 4.78 is 4.88. The Morgan fingerprint density at radius 1 is 1.19 bits per heavy atom. The van der Waals surface area contributed by atoms with Gasteiger partial charge >= 0.3 is 5.97 Å². The fraction of sp³-hybridized carbons (Fsp3) is 0.900. The number of alkyl halides is 1. The fourth-order valence-electron chi connectivity index (χ4n) is 5.29. The third-order valence-corrected chi connectivity index (χ3v) is 7.60. The Balaban J connectivity index is 1.62. The lowest BCUT2D eigenvalue weighted by atomic mass is 9.78. The average molecular weight is 429 g/mol. The molecule has 6 heteroatoms. The largest absolute Gasteiger partial charge is 0.469 e. The lowest BCUT2D eigenvalue weighted by molar-refractivity contribution is -0.141. The Labute approximate surface area is 165 Å². The summed E-state index contributed by atoms with van der Waals surface area (Å²) in [5.41, 5.74) is 0. The molecule has 5 nitrogen and oxygen atoms in total. The second kappa shape index (κ2) is 9.05. The van der Waals surface area contributed by atoms with Gasteiger partial charge in [0.25, 0.3) is 0 Å². The van der Waals surface area contributed by atoms with Gasteiger partial charge in [0, 0.05) is 16.9 Å². The van der Waals surface area contributed by atoms with Crippen molar-refractivity contribution in [2.75, 3.05) is 7.11 Å². The molecular weight excluding hydrogens is 396 g/mol. The minimum Gasteiger partial charge on any atom is -0.469 e. The molecule has 0 aromatic carbocycles. The van der Waals surface area contributed by atoms with Crippen molar-refractivity contribution in [2.24, 2.45) is 17.8 Å². The van der Waals surface area contributed by atoms with Crippen molar-refractivity contribution >= 4 is 27.8 Å². The summed E-state index contributed by atoms with van der Waals surface area (Å²) in [6, 6.07) is 0.228. The van der Waals surface area contributed by atoms with Gasteiger partial charge in [0.05, 0.1) is 19.6 Å². The lowest BCUT2D eigenvalue weighted by Crippen LogP contribution is -2.51. The number of methoxy groups -OCH3 is 1. The van der Waals surface area contributed by atoms with Gasteiger partial charge in [-0.1, -0.05) is 35.7 Å². The number of nitrogens with one attached hydrogen (secondary N) is 2. The van der Waals surface area contributed by atoms with Crippen molar-refractivity contribution < 1.29 is 14.3 Å². The number of hydrogen-bond donors (Lipinski definition) is 2. The minimum absolute atomic E-state index is 0.0669. The molecule has 3 rings (SSSR count). The zero-order valence-corrected chi connectivity index (χ0v) is 17.6. The first-order valence-electron chi connectivity index (χ1n) is 10.2. The summed E-state index contributed by atoms with van der Waals surface area (Å²) in [6.07, 6.45) is 9.32. The maximum atomic E-state index is 13.0. The molecule has 0 bridgehead atoms. The van der Waals surface area contributed by atoms with Gasteiger partial charge in [-0.05, 0) is 56.3 Å². The van der Waals surface area contributed by atoms with Crippen molar-refractivity contribution in [1.82, 2.24) is 10.6 Å². The first kappa shape index (κ1) is 20.1. The number of rotatable bonds is 5. The Morgan fingerprint density at radius 3 is 2.65 bits per heavy atom. The van der Waals surface area contributed by atoms with Gasteiger partial charge in [0.1, 0.15) is 0 Å². The predicted molar refractivity (Wildman–Crippen MR) is 105 cm³/mol. The van der Waals surface area contributed by atoms with Crippen molar-refractivity contribution in [1.29, 1.82) is 0 Å². The van der Waals surface area contributed by atoms with E-state index in [9.17, 15) is 9.59 Å². The topological polar surface area (TPSA) is 67.4 Å². The van der Waals surface area contributed by atoms with Crippen LogP contribution in [0.2, 0.25) is 0 Å². The molecule has 0 aromatic heterocycles. The molecule has 148 valence electrons. The van der Waals surface area contributed by atoms with Crippen LogP contribution in [0.1, 0.15) is 64.7 Å². The van der Waals surface area contributed by atoms with Crippen LogP contribution in [-0.4, -0.2) is 41.9 Å². The molecule has 1 saturated heterocycles. The molecule has 2 N–H and O–H groups in total. The third-order valence-electron chi connectivity index (χ3n) is 6.77. The number of esters is 1. The summed E-state index contributed by atoms with van der Waals surface area (Å²) in [7, 11) is 1.42. The van der Waals surface area contributed by atoms with E-state index < -0.39 is 0 Å². The van der Waals surface area contributed by atoms with Gasteiger partial charge in [-0.25, -0.2) is 0 Å². The second-order valence-electron chi connectivity index (χ2n) is 8.57. The van der Waals surface area contributed by atoms with Crippen LogP contribution in [0.15, 0.2) is 0 Å². The summed E-state index contributed by atoms with van der Waals surface area (Å²) in [4.78, 5) is 25.3. The van der Waals surface area contributed by atoms with E-state index in [1.165, 1.54) is 32.8 Å². The van der Waals surface area contributed by atoms with Crippen molar-refractivity contribution in [3.63, 3.8) is 0 Å². The standard InChI is InChI=1S/C20H33BrN2O3/c1-12-5-3-7-14-10-17(22-19(12)14)20(25)23-16(11-18(24)26-2)13-6-4-8-15(21)9-13/h12-17,19,22H,3-11H2,1-2H3,(H,23,25). The van der Waals surface area contributed by atoms with E-state index in [-0.39, 0.29) is 30.4 Å². The van der Waals surface area contributed by atoms with Crippen molar-refractivity contribution in [3.8, 4) is 0 Å². The maximum Gasteiger partial charge on any atom is 0.307 e. The van der Waals surface area contributed by atoms with E-state index in [2.05, 4.69) is 33.5 Å². The van der Waals surface area contributed by atoms with Gasteiger partial charge in [0.15, 0.2) is 0 Å². The van der Waals surface area contributed by atoms with Crippen LogP contribution in [0.25, 0.3) is 0 Å². The molecule has 1 aliphatic heterocycles. The Hall–Kier alpha value is -0.620. The molecule has 1 heterocycles. The second-order valence-corrected chi connectivity index (χ2v) is 9.86. The molecule has 3 aliphatic rings. The molecule has 26 heavy (non-hydrogen) atoms. The van der Waals surface area contributed by atoms with Crippen LogP contribution in [0, 0.1) is 17.8 Å². The van der Waals surface area contributed by atoms with E-state index in [4.69, 9.17) is 4.74 Å². The number of carbonyl (C=O) groups is 2. The molecular formula is C20H33BrN2O3. The molecule has 3 fully saturated rings. The Kier molecular flexibility index (Phi) is 7.00. The predicted octanol–water partition coefficient (Wildman–Crippen LogP) is 3.15. The number of hydrogen-bond acceptors (Lipinski definition) is 4. The zero-order chi connectivity index (χ0) is 18.7. The molecule has 0 spiro atoms. The number of halogens is 1. The van der Waals surface area contributed by atoms with Gasteiger partial charge in [-0.3, -0.25) is 9.59 Å². The first-order chi connectivity index (χ1) is 12.5. The summed E-state index contributed by atoms with van der Waals surface area (Å²) in [5, 5.41) is 6.81. The van der Waals surface area contributed by atoms with E-state index in [0.29, 0.717) is 28.6 Å². The fourth-order valence-corrected chi connectivity index (χ4v) is 6.09. The number of ether oxygens (including phenoxy) is 1. The van der Waals surface area contributed by atoms with Crippen molar-refractivity contribution in [2.45, 2.75) is 87.7 Å². The molecule has 7 unspecified atom stereocenters. The minimum atomic E-state index is -0.242. The quantitative estimate of drug-likeness (QED) is 0.521. The molecule has 1 amide bonds. The number of carbonyl (C=O) groups excluding carboxylic acids is 2. The summed E-state index contributed by atoms with van der Waals surface area (Å²) in [6.45, 7) is 2.29.